The van der Waals surface area contributed by atoms with Gasteiger partial charge in [-0.25, -0.2) is 9.59 Å². The minimum Gasteiger partial charge on any atom is -0.462 e. The van der Waals surface area contributed by atoms with Crippen LogP contribution in [0.25, 0.3) is 0 Å². The zero-order chi connectivity index (χ0) is 29.6. The van der Waals surface area contributed by atoms with E-state index in [4.69, 9.17) is 9.47 Å². The van der Waals surface area contributed by atoms with Gasteiger partial charge in [0.25, 0.3) is 11.8 Å². The van der Waals surface area contributed by atoms with Crippen LogP contribution in [-0.2, 0) is 35.2 Å². The lowest BCUT2D eigenvalue weighted by atomic mass is 10.1. The molecule has 42 heavy (non-hydrogen) atoms. The normalized spacial score (nSPS) is 14.5. The molecule has 2 heterocycles. The molecule has 2 N–H and O–H groups in total. The van der Waals surface area contributed by atoms with Crippen molar-refractivity contribution in [1.82, 2.24) is 0 Å². The zero-order valence-corrected chi connectivity index (χ0v) is 25.7. The number of thiophene rings is 2. The van der Waals surface area contributed by atoms with E-state index in [-0.39, 0.29) is 25.0 Å². The number of benzene rings is 1. The maximum Gasteiger partial charge on any atom is 0.341 e. The first-order valence-electron chi connectivity index (χ1n) is 14.8. The quantitative estimate of drug-likeness (QED) is 0.207. The molecule has 0 aliphatic heterocycles. The molecular formula is C32H36N2O6S2. The van der Waals surface area contributed by atoms with Gasteiger partial charge in [0.2, 0.25) is 0 Å². The van der Waals surface area contributed by atoms with Crippen molar-refractivity contribution in [3.63, 3.8) is 0 Å². The molecule has 1 aromatic carbocycles. The van der Waals surface area contributed by atoms with Crippen molar-refractivity contribution in [1.29, 1.82) is 0 Å². The van der Waals surface area contributed by atoms with Gasteiger partial charge in [-0.15, -0.1) is 22.7 Å². The van der Waals surface area contributed by atoms with Gasteiger partial charge in [0.05, 0.1) is 24.3 Å². The lowest BCUT2D eigenvalue weighted by Crippen LogP contribution is -2.17. The number of hydrogen-bond acceptors (Lipinski definition) is 8. The summed E-state index contributed by atoms with van der Waals surface area (Å²) in [7, 11) is 0. The number of amides is 2. The summed E-state index contributed by atoms with van der Waals surface area (Å²) in [6.45, 7) is 4.06. The molecule has 0 fully saturated rings. The highest BCUT2D eigenvalue weighted by molar-refractivity contribution is 7.17. The van der Waals surface area contributed by atoms with Crippen LogP contribution in [0, 0.1) is 0 Å². The third kappa shape index (κ3) is 6.44. The van der Waals surface area contributed by atoms with Crippen molar-refractivity contribution in [2.75, 3.05) is 23.8 Å². The maximum absolute atomic E-state index is 13.2. The summed E-state index contributed by atoms with van der Waals surface area (Å²) >= 11 is 2.90. The molecule has 2 aromatic heterocycles. The van der Waals surface area contributed by atoms with Crippen LogP contribution >= 0.6 is 22.7 Å². The van der Waals surface area contributed by atoms with E-state index in [0.717, 1.165) is 85.1 Å². The molecular weight excluding hydrogens is 572 g/mol. The van der Waals surface area contributed by atoms with Gasteiger partial charge in [-0.05, 0) is 101 Å². The number of aryl methyl sites for hydroxylation is 2. The van der Waals surface area contributed by atoms with Gasteiger partial charge in [0, 0.05) is 20.9 Å². The van der Waals surface area contributed by atoms with Gasteiger partial charge in [-0.1, -0.05) is 12.8 Å². The Morgan fingerprint density at radius 1 is 0.619 bits per heavy atom. The molecule has 10 heteroatoms. The monoisotopic (exact) mass is 608 g/mol. The van der Waals surface area contributed by atoms with Crippen LogP contribution in [0.2, 0.25) is 0 Å². The van der Waals surface area contributed by atoms with Crippen LogP contribution in [0.5, 0.6) is 0 Å². The SMILES string of the molecule is CCOC(=O)c1c(NC(=O)c2ccc(C(=O)Nc3sc4c(c3C(=O)OCC)CCCCC4)cc2)sc2c1CCCCC2. The molecule has 0 unspecified atom stereocenters. The van der Waals surface area contributed by atoms with Crippen molar-refractivity contribution >= 4 is 56.4 Å². The Morgan fingerprint density at radius 2 is 1.00 bits per heavy atom. The third-order valence-corrected chi connectivity index (χ3v) is 10.1. The number of carbonyl (C=O) groups excluding carboxylic acids is 4. The average Bonchev–Trinajstić information content (AvgIpc) is 3.26. The first kappa shape index (κ1) is 30.0. The van der Waals surface area contributed by atoms with Crippen molar-refractivity contribution in [2.45, 2.75) is 78.1 Å². The Labute approximate surface area is 253 Å². The van der Waals surface area contributed by atoms with E-state index in [1.165, 1.54) is 22.7 Å². The standard InChI is InChI=1S/C32H36N2O6S2/c1-3-39-31(37)25-21-11-7-5-9-13-23(21)41-29(25)33-27(35)19-15-17-20(18-16-19)28(36)34-30-26(32(38)40-4-2)22-12-8-6-10-14-24(22)42-30/h15-18H,3-14H2,1-2H3,(H,33,35)(H,34,36). The lowest BCUT2D eigenvalue weighted by molar-refractivity contribution is 0.0517. The van der Waals surface area contributed by atoms with Gasteiger partial charge in [0.15, 0.2) is 0 Å². The predicted molar refractivity (Wildman–Crippen MR) is 165 cm³/mol. The van der Waals surface area contributed by atoms with Gasteiger partial charge in [-0.3, -0.25) is 9.59 Å². The van der Waals surface area contributed by atoms with E-state index in [1.54, 1.807) is 38.1 Å². The average molecular weight is 609 g/mol. The summed E-state index contributed by atoms with van der Waals surface area (Å²) in [5, 5.41) is 6.87. The topological polar surface area (TPSA) is 111 Å². The molecule has 0 spiro atoms. The molecule has 3 aromatic rings. The number of rotatable bonds is 8. The second-order valence-electron chi connectivity index (χ2n) is 10.5. The molecule has 8 nitrogen and oxygen atoms in total. The Morgan fingerprint density at radius 3 is 1.38 bits per heavy atom. The number of esters is 2. The second kappa shape index (κ2) is 13.6. The minimum absolute atomic E-state index is 0.260. The third-order valence-electron chi connectivity index (χ3n) is 7.67. The second-order valence-corrected chi connectivity index (χ2v) is 12.7. The Balaban J connectivity index is 1.33. The van der Waals surface area contributed by atoms with Crippen molar-refractivity contribution in [3.8, 4) is 0 Å². The fourth-order valence-corrected chi connectivity index (χ4v) is 8.17. The van der Waals surface area contributed by atoms with E-state index in [2.05, 4.69) is 10.6 Å². The first-order chi connectivity index (χ1) is 20.4. The summed E-state index contributed by atoms with van der Waals surface area (Å²) in [6, 6.07) is 6.34. The van der Waals surface area contributed by atoms with E-state index >= 15 is 0 Å². The van der Waals surface area contributed by atoms with E-state index in [9.17, 15) is 19.2 Å². The molecule has 0 atom stereocenters. The van der Waals surface area contributed by atoms with E-state index < -0.39 is 11.9 Å². The zero-order valence-electron chi connectivity index (χ0n) is 24.1. The molecule has 0 saturated heterocycles. The number of anilines is 2. The highest BCUT2D eigenvalue weighted by Gasteiger charge is 2.28. The Bertz CT molecular complexity index is 1380. The molecule has 0 radical (unpaired) electrons. The van der Waals surface area contributed by atoms with Crippen molar-refractivity contribution < 1.29 is 28.7 Å². The summed E-state index contributed by atoms with van der Waals surface area (Å²) in [5.74, 6) is -1.55. The molecule has 2 amide bonds. The van der Waals surface area contributed by atoms with Crippen LogP contribution < -0.4 is 10.6 Å². The maximum atomic E-state index is 13.2. The summed E-state index contributed by atoms with van der Waals surface area (Å²) in [4.78, 5) is 54.4. The van der Waals surface area contributed by atoms with Crippen LogP contribution in [0.15, 0.2) is 24.3 Å². The number of nitrogens with one attached hydrogen (secondary N) is 2. The molecule has 2 aliphatic rings. The first-order valence-corrected chi connectivity index (χ1v) is 16.4. The summed E-state index contributed by atoms with van der Waals surface area (Å²) < 4.78 is 10.7. The van der Waals surface area contributed by atoms with Gasteiger partial charge >= 0.3 is 11.9 Å². The molecule has 0 saturated carbocycles. The van der Waals surface area contributed by atoms with Gasteiger partial charge < -0.3 is 20.1 Å². The van der Waals surface area contributed by atoms with Crippen molar-refractivity contribution in [2.24, 2.45) is 0 Å². The minimum atomic E-state index is -0.410. The predicted octanol–water partition coefficient (Wildman–Crippen LogP) is 7.21. The van der Waals surface area contributed by atoms with Crippen LogP contribution in [0.3, 0.4) is 0 Å². The molecule has 2 aliphatic carbocycles. The number of carbonyl (C=O) groups is 4. The van der Waals surface area contributed by atoms with E-state index in [1.807, 2.05) is 0 Å². The fourth-order valence-electron chi connectivity index (χ4n) is 5.62. The smallest absolute Gasteiger partial charge is 0.341 e. The fraction of sp³-hybridized carbons (Fsp3) is 0.438. The van der Waals surface area contributed by atoms with E-state index in [0.29, 0.717) is 32.3 Å². The number of ether oxygens (including phenoxy) is 2. The Kier molecular flexibility index (Phi) is 9.74. The lowest BCUT2D eigenvalue weighted by Gasteiger charge is -2.10. The van der Waals surface area contributed by atoms with Crippen LogP contribution in [-0.4, -0.2) is 37.0 Å². The summed E-state index contributed by atoms with van der Waals surface area (Å²) in [5.41, 5.74) is 3.64. The molecule has 5 rings (SSSR count). The van der Waals surface area contributed by atoms with Crippen LogP contribution in [0.4, 0.5) is 10.0 Å². The highest BCUT2D eigenvalue weighted by Crippen LogP contribution is 2.39. The van der Waals surface area contributed by atoms with Gasteiger partial charge in [0.1, 0.15) is 10.0 Å². The highest BCUT2D eigenvalue weighted by atomic mass is 32.1. The molecule has 222 valence electrons. The van der Waals surface area contributed by atoms with Crippen molar-refractivity contribution in [3.05, 3.63) is 67.4 Å². The number of fused-ring (bicyclic) bond motifs is 2. The molecule has 0 bridgehead atoms. The largest absolute Gasteiger partial charge is 0.462 e. The number of hydrogen-bond donors (Lipinski definition) is 2. The summed E-state index contributed by atoms with van der Waals surface area (Å²) in [6.07, 6.45) is 9.72. The van der Waals surface area contributed by atoms with Crippen LogP contribution in [0.1, 0.15) is 115 Å². The Hall–Kier alpha value is -3.50. The van der Waals surface area contributed by atoms with Gasteiger partial charge in [-0.2, -0.15) is 0 Å².